The van der Waals surface area contributed by atoms with E-state index in [1.165, 1.54) is 15.6 Å². The third-order valence-corrected chi connectivity index (χ3v) is 8.45. The summed E-state index contributed by atoms with van der Waals surface area (Å²) in [6.07, 6.45) is 0. The maximum Gasteiger partial charge on any atom is 0.310 e. The molecule has 0 radical (unpaired) electrons. The molecule has 0 bridgehead atoms. The Balaban J connectivity index is 1.50. The molecule has 0 N–H and O–H groups in total. The molecule has 0 saturated carbocycles. The number of benzene rings is 1. The molecular weight excluding hydrogens is 396 g/mol. The van der Waals surface area contributed by atoms with Crippen LogP contribution in [0.3, 0.4) is 0 Å². The van der Waals surface area contributed by atoms with E-state index in [0.717, 1.165) is 0 Å². The van der Waals surface area contributed by atoms with E-state index in [2.05, 4.69) is 0 Å². The largest absolute Gasteiger partial charge is 0.382 e. The van der Waals surface area contributed by atoms with Crippen LogP contribution in [0.2, 0.25) is 0 Å². The van der Waals surface area contributed by atoms with Crippen molar-refractivity contribution in [2.75, 3.05) is 38.5 Å². The summed E-state index contributed by atoms with van der Waals surface area (Å²) in [5, 5.41) is 1.74. The third kappa shape index (κ3) is 4.83. The molecule has 0 atom stereocenters. The van der Waals surface area contributed by atoms with Crippen molar-refractivity contribution < 1.29 is 21.0 Å². The zero-order valence-corrected chi connectivity index (χ0v) is 16.5. The Kier molecular flexibility index (Phi) is 5.98. The molecule has 7 nitrogen and oxygen atoms in total. The summed E-state index contributed by atoms with van der Waals surface area (Å²) in [7, 11) is -7.13. The van der Waals surface area contributed by atoms with E-state index < -0.39 is 20.1 Å². The van der Waals surface area contributed by atoms with Crippen LogP contribution in [-0.4, -0.2) is 64.5 Å². The fourth-order valence-corrected chi connectivity index (χ4v) is 6.17. The number of sulfonamides is 1. The maximum absolute atomic E-state index is 12.5. The predicted octanol–water partition coefficient (Wildman–Crippen LogP) is 1.46. The van der Waals surface area contributed by atoms with E-state index >= 15 is 0 Å². The Morgan fingerprint density at radius 3 is 2.23 bits per heavy atom. The van der Waals surface area contributed by atoms with Gasteiger partial charge in [0.15, 0.2) is 0 Å². The van der Waals surface area contributed by atoms with Gasteiger partial charge in [-0.1, -0.05) is 24.3 Å². The number of piperazine rings is 1. The van der Waals surface area contributed by atoms with Crippen LogP contribution in [0.15, 0.2) is 52.1 Å². The van der Waals surface area contributed by atoms with Crippen LogP contribution in [0, 0.1) is 0 Å². The Hall–Kier alpha value is -1.46. The lowest BCUT2D eigenvalue weighted by atomic mass is 10.3. The van der Waals surface area contributed by atoms with Crippen LogP contribution in [-0.2, 0) is 20.1 Å². The zero-order valence-electron chi connectivity index (χ0n) is 14.0. The number of hydrogen-bond acceptors (Lipinski definition) is 7. The molecule has 0 aliphatic carbocycles. The summed E-state index contributed by atoms with van der Waals surface area (Å²) >= 11 is 1.20. The van der Waals surface area contributed by atoms with E-state index in [0.29, 0.717) is 42.7 Å². The Labute approximate surface area is 158 Å². The first-order valence-electron chi connectivity index (χ1n) is 8.10. The smallest absolute Gasteiger partial charge is 0.310 e. The van der Waals surface area contributed by atoms with E-state index in [1.807, 2.05) is 4.90 Å². The molecule has 0 amide bonds. The average molecular weight is 417 g/mol. The van der Waals surface area contributed by atoms with E-state index in [1.54, 1.807) is 47.8 Å². The van der Waals surface area contributed by atoms with Crippen molar-refractivity contribution in [2.45, 2.75) is 4.21 Å². The van der Waals surface area contributed by atoms with Gasteiger partial charge in [-0.15, -0.1) is 11.3 Å². The van der Waals surface area contributed by atoms with Crippen molar-refractivity contribution in [3.8, 4) is 5.75 Å². The van der Waals surface area contributed by atoms with Crippen LogP contribution >= 0.6 is 11.3 Å². The molecular formula is C16H20N2O5S3. The Bertz CT molecular complexity index is 904. The molecule has 26 heavy (non-hydrogen) atoms. The lowest BCUT2D eigenvalue weighted by Gasteiger charge is -2.33. The minimum atomic E-state index is -3.68. The minimum Gasteiger partial charge on any atom is -0.382 e. The van der Waals surface area contributed by atoms with Gasteiger partial charge in [0.05, 0.1) is 5.75 Å². The van der Waals surface area contributed by atoms with Crippen molar-refractivity contribution in [1.82, 2.24) is 9.21 Å². The lowest BCUT2D eigenvalue weighted by Crippen LogP contribution is -2.49. The number of rotatable bonds is 7. The van der Waals surface area contributed by atoms with Crippen LogP contribution in [0.4, 0.5) is 0 Å². The van der Waals surface area contributed by atoms with Gasteiger partial charge in [-0.25, -0.2) is 8.42 Å². The standard InChI is InChI=1S/C16H20N2O5S3/c19-25(20,23-15-5-2-1-3-6-15)14-12-17-8-10-18(11-9-17)26(21,22)16-7-4-13-24-16/h1-7,13H,8-12,14H2. The van der Waals surface area contributed by atoms with Crippen molar-refractivity contribution in [3.63, 3.8) is 0 Å². The molecule has 2 heterocycles. The van der Waals surface area contributed by atoms with Gasteiger partial charge < -0.3 is 4.18 Å². The van der Waals surface area contributed by atoms with Gasteiger partial charge in [0.25, 0.3) is 10.0 Å². The summed E-state index contributed by atoms with van der Waals surface area (Å²) in [5.41, 5.74) is 0. The molecule has 1 aromatic heterocycles. The predicted molar refractivity (Wildman–Crippen MR) is 100 cm³/mol. The van der Waals surface area contributed by atoms with Crippen LogP contribution in [0.5, 0.6) is 5.75 Å². The highest BCUT2D eigenvalue weighted by Gasteiger charge is 2.29. The highest BCUT2D eigenvalue weighted by Crippen LogP contribution is 2.22. The fourth-order valence-electron chi connectivity index (χ4n) is 2.64. The molecule has 0 spiro atoms. The molecule has 10 heteroatoms. The number of para-hydroxylation sites is 1. The van der Waals surface area contributed by atoms with Gasteiger partial charge in [-0.3, -0.25) is 4.90 Å². The molecule has 1 aliphatic heterocycles. The maximum atomic E-state index is 12.5. The van der Waals surface area contributed by atoms with Gasteiger partial charge in [0.2, 0.25) is 0 Å². The molecule has 1 fully saturated rings. The summed E-state index contributed by atoms with van der Waals surface area (Å²) in [4.78, 5) is 1.94. The molecule has 2 aromatic rings. The van der Waals surface area contributed by atoms with E-state index in [9.17, 15) is 16.8 Å². The van der Waals surface area contributed by atoms with E-state index in [4.69, 9.17) is 4.18 Å². The lowest BCUT2D eigenvalue weighted by molar-refractivity contribution is 0.196. The van der Waals surface area contributed by atoms with E-state index in [-0.39, 0.29) is 5.75 Å². The first-order chi connectivity index (χ1) is 12.4. The van der Waals surface area contributed by atoms with Gasteiger partial charge in [0, 0.05) is 32.7 Å². The number of thiophene rings is 1. The topological polar surface area (TPSA) is 84.0 Å². The SMILES string of the molecule is O=S(=O)(CCN1CCN(S(=O)(=O)c2cccs2)CC1)Oc1ccccc1. The van der Waals surface area contributed by atoms with Crippen molar-refractivity contribution in [3.05, 3.63) is 47.8 Å². The minimum absolute atomic E-state index is 0.139. The van der Waals surface area contributed by atoms with Gasteiger partial charge >= 0.3 is 10.1 Å². The normalized spacial score (nSPS) is 17.2. The monoisotopic (exact) mass is 416 g/mol. The first-order valence-corrected chi connectivity index (χ1v) is 12.0. The second-order valence-corrected chi connectivity index (χ2v) is 10.6. The third-order valence-electron chi connectivity index (χ3n) is 4.04. The molecule has 1 saturated heterocycles. The van der Waals surface area contributed by atoms with Gasteiger partial charge in [-0.2, -0.15) is 12.7 Å². The van der Waals surface area contributed by atoms with Crippen molar-refractivity contribution >= 4 is 31.5 Å². The molecule has 1 aromatic carbocycles. The average Bonchev–Trinajstić information content (AvgIpc) is 3.16. The van der Waals surface area contributed by atoms with Crippen LogP contribution < -0.4 is 4.18 Å². The summed E-state index contributed by atoms with van der Waals surface area (Å²) < 4.78 is 55.9. The number of hydrogen-bond donors (Lipinski definition) is 0. The zero-order chi connectivity index (χ0) is 18.6. The summed E-state index contributed by atoms with van der Waals surface area (Å²) in [6.45, 7) is 1.98. The van der Waals surface area contributed by atoms with Gasteiger partial charge in [-0.05, 0) is 23.6 Å². The highest BCUT2D eigenvalue weighted by atomic mass is 32.2. The molecule has 3 rings (SSSR count). The highest BCUT2D eigenvalue weighted by molar-refractivity contribution is 7.91. The Morgan fingerprint density at radius 1 is 0.923 bits per heavy atom. The van der Waals surface area contributed by atoms with Crippen LogP contribution in [0.25, 0.3) is 0 Å². The second kappa shape index (κ2) is 8.05. The first kappa shape index (κ1) is 19.3. The second-order valence-electron chi connectivity index (χ2n) is 5.84. The molecule has 142 valence electrons. The molecule has 1 aliphatic rings. The number of nitrogens with zero attached hydrogens (tertiary/aromatic N) is 2. The molecule has 0 unspecified atom stereocenters. The fraction of sp³-hybridized carbons (Fsp3) is 0.375. The quantitative estimate of drug-likeness (QED) is 0.636. The van der Waals surface area contributed by atoms with Gasteiger partial charge in [0.1, 0.15) is 9.96 Å². The van der Waals surface area contributed by atoms with Crippen molar-refractivity contribution in [1.29, 1.82) is 0 Å². The Morgan fingerprint density at radius 2 is 1.62 bits per heavy atom. The summed E-state index contributed by atoms with van der Waals surface area (Å²) in [6, 6.07) is 11.7. The van der Waals surface area contributed by atoms with Crippen molar-refractivity contribution in [2.24, 2.45) is 0 Å². The van der Waals surface area contributed by atoms with Crippen LogP contribution in [0.1, 0.15) is 0 Å². The summed E-state index contributed by atoms with van der Waals surface area (Å²) in [5.74, 6) is 0.152.